The molecule has 0 amide bonds. The normalized spacial score (nSPS) is 12.4. The molecule has 6 aromatic rings. The number of phenols is 1. The molecule has 0 saturated heterocycles. The third-order valence-electron chi connectivity index (χ3n) is 7.88. The summed E-state index contributed by atoms with van der Waals surface area (Å²) in [5.74, 6) is 1.33. The average molecular weight is 578 g/mol. The van der Waals surface area contributed by atoms with E-state index in [0.717, 1.165) is 55.3 Å². The highest BCUT2D eigenvalue weighted by atomic mass is 16.3. The molecule has 0 aliphatic heterocycles. The van der Waals surface area contributed by atoms with Crippen molar-refractivity contribution in [2.45, 2.75) is 33.2 Å². The lowest BCUT2D eigenvalue weighted by molar-refractivity contribution is 0.477. The van der Waals surface area contributed by atoms with Crippen molar-refractivity contribution in [1.29, 1.82) is 0 Å². The molecule has 0 aliphatic rings. The number of aliphatic imine (C=N–C) groups is 2. The van der Waals surface area contributed by atoms with E-state index in [9.17, 15) is 5.11 Å². The van der Waals surface area contributed by atoms with Gasteiger partial charge in [0.25, 0.3) is 0 Å². The molecule has 0 spiro atoms. The van der Waals surface area contributed by atoms with Crippen molar-refractivity contribution in [3.63, 3.8) is 0 Å². The van der Waals surface area contributed by atoms with Crippen molar-refractivity contribution in [2.75, 3.05) is 0 Å². The fraction of sp³-hybridized carbons (Fsp3) is 0.128. The second-order valence-electron chi connectivity index (χ2n) is 11.4. The van der Waals surface area contributed by atoms with Gasteiger partial charge in [-0.2, -0.15) is 0 Å². The SMILES string of the molecule is C=C(C)c1ccc(-c2ccc(C(N=C(N)c3ccccc3)=NCc3ccc4c(c3)oc3cc(C(C)C)ccc34)cc2O)cc1. The van der Waals surface area contributed by atoms with Gasteiger partial charge in [0.1, 0.15) is 22.8 Å². The molecule has 0 unspecified atom stereocenters. The molecule has 3 N–H and O–H groups in total. The molecule has 1 aromatic heterocycles. The minimum atomic E-state index is 0.135. The standard InChI is InChI=1S/C39H35N3O2/c1-24(2)27-11-13-28(14-12-27)32-18-16-31(21-35(32)43)39(42-38(40)29-8-6-5-7-9-29)41-23-26-10-17-33-34-19-15-30(25(3)4)22-37(34)44-36(33)20-26/h5-22,25,43H,1,23H2,2-4H3,(H2,40,41,42). The zero-order valence-corrected chi connectivity index (χ0v) is 25.2. The van der Waals surface area contributed by atoms with Gasteiger partial charge in [-0.25, -0.2) is 4.99 Å². The molecular weight excluding hydrogens is 542 g/mol. The monoisotopic (exact) mass is 577 g/mol. The van der Waals surface area contributed by atoms with Crippen molar-refractivity contribution in [2.24, 2.45) is 15.7 Å². The predicted octanol–water partition coefficient (Wildman–Crippen LogP) is 9.47. The van der Waals surface area contributed by atoms with E-state index in [-0.39, 0.29) is 5.75 Å². The van der Waals surface area contributed by atoms with Crippen molar-refractivity contribution >= 4 is 39.2 Å². The summed E-state index contributed by atoms with van der Waals surface area (Å²) in [6, 6.07) is 35.7. The number of amidine groups is 2. The minimum Gasteiger partial charge on any atom is -0.507 e. The van der Waals surface area contributed by atoms with E-state index >= 15 is 0 Å². The predicted molar refractivity (Wildman–Crippen MR) is 183 cm³/mol. The van der Waals surface area contributed by atoms with Crippen LogP contribution in [0.3, 0.4) is 0 Å². The molecule has 1 heterocycles. The Balaban J connectivity index is 1.36. The lowest BCUT2D eigenvalue weighted by Gasteiger charge is -2.10. The van der Waals surface area contributed by atoms with Crippen molar-refractivity contribution in [3.05, 3.63) is 144 Å². The van der Waals surface area contributed by atoms with Gasteiger partial charge in [-0.3, -0.25) is 4.99 Å². The highest BCUT2D eigenvalue weighted by Gasteiger charge is 2.13. The zero-order valence-electron chi connectivity index (χ0n) is 25.2. The smallest absolute Gasteiger partial charge is 0.157 e. The fourth-order valence-corrected chi connectivity index (χ4v) is 5.29. The van der Waals surface area contributed by atoms with Crippen LogP contribution in [0.15, 0.2) is 130 Å². The molecule has 6 rings (SSSR count). The third kappa shape index (κ3) is 5.90. The maximum absolute atomic E-state index is 11.1. The summed E-state index contributed by atoms with van der Waals surface area (Å²) in [6.45, 7) is 10.7. The summed E-state index contributed by atoms with van der Waals surface area (Å²) >= 11 is 0. The second kappa shape index (κ2) is 12.1. The lowest BCUT2D eigenvalue weighted by atomic mass is 9.99. The van der Waals surface area contributed by atoms with Crippen molar-refractivity contribution in [1.82, 2.24) is 0 Å². The molecule has 0 bridgehead atoms. The molecule has 0 atom stereocenters. The molecule has 0 radical (unpaired) electrons. The van der Waals surface area contributed by atoms with E-state index in [1.807, 2.05) is 79.7 Å². The van der Waals surface area contributed by atoms with Gasteiger partial charge >= 0.3 is 0 Å². The van der Waals surface area contributed by atoms with Crippen LogP contribution in [-0.4, -0.2) is 16.8 Å². The second-order valence-corrected chi connectivity index (χ2v) is 11.4. The maximum atomic E-state index is 11.1. The number of hydrogen-bond donors (Lipinski definition) is 2. The molecular formula is C39H35N3O2. The Labute approximate surface area is 257 Å². The molecule has 5 heteroatoms. The summed E-state index contributed by atoms with van der Waals surface area (Å²) in [6.07, 6.45) is 0. The van der Waals surface area contributed by atoms with Gasteiger partial charge in [-0.05, 0) is 59.4 Å². The number of allylic oxidation sites excluding steroid dienone is 1. The first-order chi connectivity index (χ1) is 21.3. The first-order valence-electron chi connectivity index (χ1n) is 14.8. The summed E-state index contributed by atoms with van der Waals surface area (Å²) in [5, 5.41) is 13.3. The van der Waals surface area contributed by atoms with Gasteiger partial charge in [-0.1, -0.05) is 111 Å². The number of rotatable bonds is 7. The van der Waals surface area contributed by atoms with Gasteiger partial charge < -0.3 is 15.3 Å². The molecule has 0 fully saturated rings. The average Bonchev–Trinajstić information content (AvgIpc) is 3.40. The topological polar surface area (TPSA) is 84.1 Å². The quantitative estimate of drug-likeness (QED) is 0.146. The van der Waals surface area contributed by atoms with Gasteiger partial charge in [0.2, 0.25) is 0 Å². The first kappa shape index (κ1) is 28.7. The van der Waals surface area contributed by atoms with E-state index in [1.165, 1.54) is 5.56 Å². The number of hydrogen-bond acceptors (Lipinski definition) is 3. The molecule has 5 nitrogen and oxygen atoms in total. The van der Waals surface area contributed by atoms with Gasteiger partial charge in [0, 0.05) is 27.5 Å². The number of fused-ring (bicyclic) bond motifs is 3. The molecule has 0 saturated carbocycles. The molecule has 218 valence electrons. The van der Waals surface area contributed by atoms with E-state index < -0.39 is 0 Å². The minimum absolute atomic E-state index is 0.135. The van der Waals surface area contributed by atoms with Crippen LogP contribution in [0, 0.1) is 0 Å². The number of nitrogens with zero attached hydrogens (tertiary/aromatic N) is 2. The Hall–Kier alpha value is -5.42. The Kier molecular flexibility index (Phi) is 7.86. The summed E-state index contributed by atoms with van der Waals surface area (Å²) in [4.78, 5) is 9.62. The van der Waals surface area contributed by atoms with E-state index in [2.05, 4.69) is 50.8 Å². The lowest BCUT2D eigenvalue weighted by Crippen LogP contribution is -2.16. The van der Waals surface area contributed by atoms with Crippen LogP contribution in [0.25, 0.3) is 38.6 Å². The van der Waals surface area contributed by atoms with Crippen molar-refractivity contribution < 1.29 is 9.52 Å². The summed E-state index contributed by atoms with van der Waals surface area (Å²) < 4.78 is 6.26. The summed E-state index contributed by atoms with van der Waals surface area (Å²) in [5.41, 5.74) is 15.5. The number of benzene rings is 5. The van der Waals surface area contributed by atoms with Gasteiger partial charge in [-0.15, -0.1) is 0 Å². The van der Waals surface area contributed by atoms with Crippen LogP contribution in [0.1, 0.15) is 54.5 Å². The van der Waals surface area contributed by atoms with Crippen LogP contribution in [0.2, 0.25) is 0 Å². The van der Waals surface area contributed by atoms with Crippen LogP contribution in [0.4, 0.5) is 0 Å². The van der Waals surface area contributed by atoms with E-state index in [4.69, 9.17) is 20.1 Å². The number of nitrogens with two attached hydrogens (primary N) is 1. The molecule has 44 heavy (non-hydrogen) atoms. The van der Waals surface area contributed by atoms with Gasteiger partial charge in [0.15, 0.2) is 5.84 Å². The van der Waals surface area contributed by atoms with Gasteiger partial charge in [0.05, 0.1) is 6.54 Å². The number of aromatic hydroxyl groups is 1. The largest absolute Gasteiger partial charge is 0.507 e. The number of furan rings is 1. The third-order valence-corrected chi connectivity index (χ3v) is 7.88. The highest BCUT2D eigenvalue weighted by molar-refractivity contribution is 6.11. The first-order valence-corrected chi connectivity index (χ1v) is 14.8. The van der Waals surface area contributed by atoms with Crippen LogP contribution >= 0.6 is 0 Å². The van der Waals surface area contributed by atoms with Crippen LogP contribution < -0.4 is 5.73 Å². The van der Waals surface area contributed by atoms with E-state index in [0.29, 0.717) is 29.7 Å². The molecule has 5 aromatic carbocycles. The Morgan fingerprint density at radius 3 is 2.16 bits per heavy atom. The van der Waals surface area contributed by atoms with Crippen LogP contribution in [-0.2, 0) is 6.54 Å². The van der Waals surface area contributed by atoms with Crippen molar-refractivity contribution in [3.8, 4) is 16.9 Å². The molecule has 0 aliphatic carbocycles. The maximum Gasteiger partial charge on any atom is 0.157 e. The number of phenolic OH excluding ortho intramolecular Hbond substituents is 1. The Bertz CT molecular complexity index is 2050. The summed E-state index contributed by atoms with van der Waals surface area (Å²) in [7, 11) is 0. The zero-order chi connectivity index (χ0) is 30.8. The van der Waals surface area contributed by atoms with Crippen LogP contribution in [0.5, 0.6) is 5.75 Å². The fourth-order valence-electron chi connectivity index (χ4n) is 5.29. The van der Waals surface area contributed by atoms with E-state index in [1.54, 1.807) is 6.07 Å². The Morgan fingerprint density at radius 2 is 1.48 bits per heavy atom. The Morgan fingerprint density at radius 1 is 0.795 bits per heavy atom. The highest BCUT2D eigenvalue weighted by Crippen LogP contribution is 2.33.